The van der Waals surface area contributed by atoms with Crippen molar-refractivity contribution in [3.8, 4) is 5.88 Å². The number of anilines is 1. The molecule has 0 fully saturated rings. The van der Waals surface area contributed by atoms with Crippen LogP contribution >= 0.6 is 22.9 Å². The highest BCUT2D eigenvalue weighted by Crippen LogP contribution is 2.21. The first-order valence-corrected chi connectivity index (χ1v) is 6.82. The Labute approximate surface area is 119 Å². The molecular formula is C12H12ClN3O2S. The van der Waals surface area contributed by atoms with Crippen molar-refractivity contribution in [3.05, 3.63) is 33.9 Å². The van der Waals surface area contributed by atoms with Crippen molar-refractivity contribution in [2.24, 2.45) is 0 Å². The third-order valence-electron chi connectivity index (χ3n) is 2.17. The van der Waals surface area contributed by atoms with E-state index in [0.717, 1.165) is 4.88 Å². The van der Waals surface area contributed by atoms with Crippen LogP contribution in [-0.2, 0) is 0 Å². The first-order valence-electron chi connectivity index (χ1n) is 5.63. The average Bonchev–Trinajstić information content (AvgIpc) is 2.77. The second-order valence-corrected chi connectivity index (χ2v) is 5.29. The zero-order chi connectivity index (χ0) is 13.8. The molecule has 0 saturated heterocycles. The summed E-state index contributed by atoms with van der Waals surface area (Å²) >= 11 is 7.35. The fourth-order valence-corrected chi connectivity index (χ4v) is 2.23. The molecule has 0 radical (unpaired) electrons. The van der Waals surface area contributed by atoms with Crippen LogP contribution in [0, 0.1) is 6.92 Å². The van der Waals surface area contributed by atoms with Gasteiger partial charge in [0.25, 0.3) is 5.91 Å². The number of nitrogens with one attached hydrogen (secondary N) is 1. The highest BCUT2D eigenvalue weighted by atomic mass is 35.5. The number of thiazole rings is 1. The Balaban J connectivity index is 2.20. The van der Waals surface area contributed by atoms with Gasteiger partial charge in [-0.05, 0) is 19.9 Å². The molecule has 2 heterocycles. The number of ether oxygens (including phenoxy) is 1. The first kappa shape index (κ1) is 13.8. The largest absolute Gasteiger partial charge is 0.478 e. The van der Waals surface area contributed by atoms with Crippen molar-refractivity contribution in [2.45, 2.75) is 13.8 Å². The maximum atomic E-state index is 12.1. The summed E-state index contributed by atoms with van der Waals surface area (Å²) in [5, 5.41) is 3.44. The monoisotopic (exact) mass is 297 g/mol. The molecule has 0 aliphatic carbocycles. The first-order chi connectivity index (χ1) is 9.10. The van der Waals surface area contributed by atoms with E-state index in [4.69, 9.17) is 16.3 Å². The van der Waals surface area contributed by atoms with E-state index in [1.807, 2.05) is 13.8 Å². The van der Waals surface area contributed by atoms with Crippen molar-refractivity contribution in [2.75, 3.05) is 11.9 Å². The molecule has 0 unspecified atom stereocenters. The molecule has 0 aliphatic rings. The predicted octanol–water partition coefficient (Wildman–Crippen LogP) is 3.15. The summed E-state index contributed by atoms with van der Waals surface area (Å²) in [5.41, 5.74) is 0.125. The number of nitrogens with zero attached hydrogens (tertiary/aromatic N) is 2. The summed E-state index contributed by atoms with van der Waals surface area (Å²) in [7, 11) is 0. The predicted molar refractivity (Wildman–Crippen MR) is 75.2 cm³/mol. The molecule has 2 rings (SSSR count). The summed E-state index contributed by atoms with van der Waals surface area (Å²) in [6.07, 6.45) is 1.69. The average molecular weight is 298 g/mol. The number of rotatable bonds is 4. The SMILES string of the molecule is CCOc1ccc(Cl)c(C(=O)Nc2ncc(C)s2)n1. The molecule has 19 heavy (non-hydrogen) atoms. The third kappa shape index (κ3) is 3.42. The maximum Gasteiger partial charge on any atom is 0.277 e. The smallest absolute Gasteiger partial charge is 0.277 e. The molecule has 0 aliphatic heterocycles. The number of amides is 1. The van der Waals surface area contributed by atoms with Gasteiger partial charge in [0, 0.05) is 17.1 Å². The van der Waals surface area contributed by atoms with Gasteiger partial charge in [0.15, 0.2) is 10.8 Å². The standard InChI is InChI=1S/C12H12ClN3O2S/c1-3-18-9-5-4-8(13)10(15-9)11(17)16-12-14-6-7(2)19-12/h4-6H,3H2,1-2H3,(H,14,16,17). The Morgan fingerprint density at radius 1 is 1.53 bits per heavy atom. The number of pyridine rings is 1. The molecule has 2 aromatic heterocycles. The highest BCUT2D eigenvalue weighted by molar-refractivity contribution is 7.15. The summed E-state index contributed by atoms with van der Waals surface area (Å²) in [6.45, 7) is 4.23. The molecule has 2 aromatic rings. The third-order valence-corrected chi connectivity index (χ3v) is 3.30. The van der Waals surface area contributed by atoms with Gasteiger partial charge in [-0.3, -0.25) is 10.1 Å². The van der Waals surface area contributed by atoms with Gasteiger partial charge in [-0.25, -0.2) is 9.97 Å². The molecule has 0 spiro atoms. The van der Waals surface area contributed by atoms with Crippen molar-refractivity contribution in [1.82, 2.24) is 9.97 Å². The minimum atomic E-state index is -0.402. The number of hydrogen-bond donors (Lipinski definition) is 1. The van der Waals surface area contributed by atoms with Crippen LogP contribution in [0.5, 0.6) is 5.88 Å². The van der Waals surface area contributed by atoms with Gasteiger partial charge in [0.2, 0.25) is 5.88 Å². The molecule has 0 aromatic carbocycles. The van der Waals surface area contributed by atoms with E-state index in [1.54, 1.807) is 18.3 Å². The molecular weight excluding hydrogens is 286 g/mol. The quantitative estimate of drug-likeness (QED) is 0.941. The fraction of sp³-hybridized carbons (Fsp3) is 0.250. The van der Waals surface area contributed by atoms with Gasteiger partial charge in [-0.2, -0.15) is 0 Å². The van der Waals surface area contributed by atoms with E-state index >= 15 is 0 Å². The number of carbonyl (C=O) groups excluding carboxylic acids is 1. The van der Waals surface area contributed by atoms with E-state index in [1.165, 1.54) is 11.3 Å². The number of hydrogen-bond acceptors (Lipinski definition) is 5. The summed E-state index contributed by atoms with van der Waals surface area (Å²) in [5.74, 6) is -0.0340. The summed E-state index contributed by atoms with van der Waals surface area (Å²) in [4.78, 5) is 21.2. The molecule has 7 heteroatoms. The summed E-state index contributed by atoms with van der Waals surface area (Å²) < 4.78 is 5.24. The van der Waals surface area contributed by atoms with Crippen LogP contribution in [0.15, 0.2) is 18.3 Å². The van der Waals surface area contributed by atoms with E-state index in [9.17, 15) is 4.79 Å². The minimum absolute atomic E-state index is 0.125. The Kier molecular flexibility index (Phi) is 4.34. The van der Waals surface area contributed by atoms with Crippen molar-refractivity contribution in [3.63, 3.8) is 0 Å². The second kappa shape index (κ2) is 5.99. The Hall–Kier alpha value is -1.66. The van der Waals surface area contributed by atoms with E-state index < -0.39 is 5.91 Å². The van der Waals surface area contributed by atoms with Gasteiger partial charge >= 0.3 is 0 Å². The van der Waals surface area contributed by atoms with Crippen LogP contribution in [0.2, 0.25) is 5.02 Å². The minimum Gasteiger partial charge on any atom is -0.478 e. The number of halogens is 1. The Morgan fingerprint density at radius 2 is 2.32 bits per heavy atom. The van der Waals surface area contributed by atoms with Crippen LogP contribution in [-0.4, -0.2) is 22.5 Å². The van der Waals surface area contributed by atoms with Crippen molar-refractivity contribution >= 4 is 34.0 Å². The van der Waals surface area contributed by atoms with Crippen LogP contribution in [0.3, 0.4) is 0 Å². The zero-order valence-corrected chi connectivity index (χ0v) is 12.0. The zero-order valence-electron chi connectivity index (χ0n) is 10.4. The van der Waals surface area contributed by atoms with E-state index in [-0.39, 0.29) is 10.7 Å². The van der Waals surface area contributed by atoms with Crippen LogP contribution in [0.25, 0.3) is 0 Å². The lowest BCUT2D eigenvalue weighted by Crippen LogP contribution is -2.14. The Bertz CT molecular complexity index is 600. The fourth-order valence-electron chi connectivity index (χ4n) is 1.38. The van der Waals surface area contributed by atoms with Gasteiger partial charge in [0.05, 0.1) is 11.6 Å². The maximum absolute atomic E-state index is 12.1. The number of aryl methyl sites for hydroxylation is 1. The lowest BCUT2D eigenvalue weighted by Gasteiger charge is -2.06. The molecule has 5 nitrogen and oxygen atoms in total. The van der Waals surface area contributed by atoms with Gasteiger partial charge < -0.3 is 4.74 Å². The van der Waals surface area contributed by atoms with Crippen LogP contribution in [0.4, 0.5) is 5.13 Å². The lowest BCUT2D eigenvalue weighted by atomic mass is 10.3. The highest BCUT2D eigenvalue weighted by Gasteiger charge is 2.15. The molecule has 1 amide bonds. The molecule has 0 bridgehead atoms. The van der Waals surface area contributed by atoms with Crippen molar-refractivity contribution < 1.29 is 9.53 Å². The van der Waals surface area contributed by atoms with Gasteiger partial charge in [-0.1, -0.05) is 11.6 Å². The topological polar surface area (TPSA) is 64.1 Å². The molecule has 0 saturated carbocycles. The molecule has 1 N–H and O–H groups in total. The van der Waals surface area contributed by atoms with Gasteiger partial charge in [0.1, 0.15) is 0 Å². The number of aromatic nitrogens is 2. The molecule has 0 atom stereocenters. The lowest BCUT2D eigenvalue weighted by molar-refractivity contribution is 0.102. The Morgan fingerprint density at radius 3 is 2.95 bits per heavy atom. The van der Waals surface area contributed by atoms with Crippen LogP contribution < -0.4 is 10.1 Å². The van der Waals surface area contributed by atoms with E-state index in [2.05, 4.69) is 15.3 Å². The van der Waals surface area contributed by atoms with E-state index in [0.29, 0.717) is 17.6 Å². The van der Waals surface area contributed by atoms with Crippen LogP contribution in [0.1, 0.15) is 22.3 Å². The number of carbonyl (C=O) groups is 1. The second-order valence-electron chi connectivity index (χ2n) is 3.64. The summed E-state index contributed by atoms with van der Waals surface area (Å²) in [6, 6.07) is 3.21. The van der Waals surface area contributed by atoms with Gasteiger partial charge in [-0.15, -0.1) is 11.3 Å². The van der Waals surface area contributed by atoms with Crippen molar-refractivity contribution in [1.29, 1.82) is 0 Å². The molecule has 100 valence electrons. The normalized spacial score (nSPS) is 10.3.